The number of rotatable bonds is 5. The van der Waals surface area contributed by atoms with Gasteiger partial charge in [-0.3, -0.25) is 4.68 Å². The maximum atomic E-state index is 12.0. The van der Waals surface area contributed by atoms with E-state index in [9.17, 15) is 8.42 Å². The number of nitrogens with one attached hydrogen (secondary N) is 1. The number of anilines is 2. The average molecular weight is 395 g/mol. The quantitative estimate of drug-likeness (QED) is 0.553. The van der Waals surface area contributed by atoms with Crippen molar-refractivity contribution in [3.05, 3.63) is 61.1 Å². The van der Waals surface area contributed by atoms with Gasteiger partial charge in [0.2, 0.25) is 0 Å². The van der Waals surface area contributed by atoms with Crippen LogP contribution in [0.2, 0.25) is 0 Å². The molecule has 142 valence electrons. The zero-order chi connectivity index (χ0) is 19.7. The van der Waals surface area contributed by atoms with Crippen molar-refractivity contribution in [3.63, 3.8) is 0 Å². The lowest BCUT2D eigenvalue weighted by atomic mass is 10.2. The monoisotopic (exact) mass is 395 g/mol. The van der Waals surface area contributed by atoms with E-state index in [1.54, 1.807) is 41.1 Å². The Balaban J connectivity index is 1.73. The van der Waals surface area contributed by atoms with Crippen molar-refractivity contribution in [1.29, 1.82) is 0 Å². The molecule has 0 fully saturated rings. The predicted molar refractivity (Wildman–Crippen MR) is 106 cm³/mol. The van der Waals surface area contributed by atoms with E-state index >= 15 is 0 Å². The second kappa shape index (κ2) is 6.93. The molecule has 2 aromatic heterocycles. The predicted octanol–water partition coefficient (Wildman–Crippen LogP) is 3.30. The minimum Gasteiger partial charge on any atom is -0.456 e. The van der Waals surface area contributed by atoms with Gasteiger partial charge in [-0.05, 0) is 30.3 Å². The van der Waals surface area contributed by atoms with E-state index in [0.717, 1.165) is 17.2 Å². The van der Waals surface area contributed by atoms with Crippen LogP contribution in [-0.4, -0.2) is 34.4 Å². The van der Waals surface area contributed by atoms with Gasteiger partial charge in [-0.25, -0.2) is 18.4 Å². The summed E-state index contributed by atoms with van der Waals surface area (Å²) in [4.78, 5) is 8.69. The third-order valence-corrected chi connectivity index (χ3v) is 5.18. The number of ether oxygens (including phenoxy) is 1. The Kier molecular flexibility index (Phi) is 4.44. The lowest BCUT2D eigenvalue weighted by Crippen LogP contribution is -2.00. The second-order valence-electron chi connectivity index (χ2n) is 6.22. The minimum absolute atomic E-state index is 0.131. The topological polar surface area (TPSA) is 99.0 Å². The number of nitrogens with zero attached hydrogens (tertiary/aromatic N) is 4. The van der Waals surface area contributed by atoms with Gasteiger partial charge in [0.25, 0.3) is 0 Å². The number of hydrogen-bond acceptors (Lipinski definition) is 7. The van der Waals surface area contributed by atoms with Crippen molar-refractivity contribution in [2.45, 2.75) is 4.90 Å². The minimum atomic E-state index is -3.42. The van der Waals surface area contributed by atoms with Crippen molar-refractivity contribution in [2.75, 3.05) is 11.6 Å². The normalized spacial score (nSPS) is 11.5. The molecule has 4 aromatic rings. The summed E-state index contributed by atoms with van der Waals surface area (Å²) in [7, 11) is -1.59. The number of sulfone groups is 1. The fourth-order valence-electron chi connectivity index (χ4n) is 2.77. The molecule has 0 aliphatic carbocycles. The molecule has 4 rings (SSSR count). The summed E-state index contributed by atoms with van der Waals surface area (Å²) < 4.78 is 31.5. The van der Waals surface area contributed by atoms with E-state index in [4.69, 9.17) is 4.74 Å². The molecule has 28 heavy (non-hydrogen) atoms. The van der Waals surface area contributed by atoms with Gasteiger partial charge >= 0.3 is 0 Å². The van der Waals surface area contributed by atoms with Crippen molar-refractivity contribution < 1.29 is 13.2 Å². The summed E-state index contributed by atoms with van der Waals surface area (Å²) in [6, 6.07) is 13.6. The fourth-order valence-corrected chi connectivity index (χ4v) is 3.57. The van der Waals surface area contributed by atoms with E-state index in [1.807, 2.05) is 19.3 Å². The second-order valence-corrected chi connectivity index (χ2v) is 8.21. The molecule has 0 spiro atoms. The number of aromatic nitrogens is 4. The molecule has 0 saturated carbocycles. The zero-order valence-electron chi connectivity index (χ0n) is 15.2. The van der Waals surface area contributed by atoms with Crippen LogP contribution in [-0.2, 0) is 16.9 Å². The zero-order valence-corrected chi connectivity index (χ0v) is 16.0. The Morgan fingerprint density at radius 2 is 1.89 bits per heavy atom. The van der Waals surface area contributed by atoms with Crippen LogP contribution < -0.4 is 10.1 Å². The molecule has 0 aliphatic rings. The molecular weight excluding hydrogens is 378 g/mol. The van der Waals surface area contributed by atoms with Gasteiger partial charge in [-0.1, -0.05) is 12.1 Å². The highest BCUT2D eigenvalue weighted by Crippen LogP contribution is 2.32. The molecule has 0 radical (unpaired) electrons. The van der Waals surface area contributed by atoms with Crippen LogP contribution >= 0.6 is 0 Å². The lowest BCUT2D eigenvalue weighted by molar-refractivity contribution is 0.468. The molecule has 8 nitrogen and oxygen atoms in total. The summed E-state index contributed by atoms with van der Waals surface area (Å²) in [5, 5.41) is 8.17. The standard InChI is InChI=1S/C19H17N5O3S/c1-24-10-9-18(23-24)22-19-14-11-13(7-8-15(14)20-12-21-19)27-16-5-3-4-6-17(16)28(2,25)26/h3-12H,1-2H3,(H,20,21,22,23). The molecule has 0 amide bonds. The van der Waals surface area contributed by atoms with E-state index in [1.165, 1.54) is 12.4 Å². The first-order chi connectivity index (χ1) is 13.4. The van der Waals surface area contributed by atoms with Crippen LogP contribution in [0.15, 0.2) is 66.0 Å². The average Bonchev–Trinajstić information content (AvgIpc) is 3.07. The molecule has 2 aromatic carbocycles. The molecule has 0 aliphatic heterocycles. The van der Waals surface area contributed by atoms with Gasteiger partial charge in [-0.2, -0.15) is 5.10 Å². The SMILES string of the molecule is Cn1ccc(Nc2ncnc3ccc(Oc4ccccc4S(C)(=O)=O)cc23)n1. The number of benzene rings is 2. The van der Waals surface area contributed by atoms with Crippen LogP contribution in [0.25, 0.3) is 10.9 Å². The molecule has 0 unspecified atom stereocenters. The summed E-state index contributed by atoms with van der Waals surface area (Å²) >= 11 is 0. The van der Waals surface area contributed by atoms with Gasteiger partial charge in [0, 0.05) is 31.0 Å². The maximum Gasteiger partial charge on any atom is 0.179 e. The van der Waals surface area contributed by atoms with Crippen LogP contribution in [0.1, 0.15) is 0 Å². The van der Waals surface area contributed by atoms with Crippen molar-refractivity contribution in [3.8, 4) is 11.5 Å². The highest BCUT2D eigenvalue weighted by molar-refractivity contribution is 7.90. The molecule has 0 bridgehead atoms. The first-order valence-corrected chi connectivity index (χ1v) is 10.3. The fraction of sp³-hybridized carbons (Fsp3) is 0.105. The van der Waals surface area contributed by atoms with E-state index in [0.29, 0.717) is 17.4 Å². The van der Waals surface area contributed by atoms with Gasteiger partial charge in [0.05, 0.1) is 5.52 Å². The Labute approximate surface area is 161 Å². The largest absolute Gasteiger partial charge is 0.456 e. The van der Waals surface area contributed by atoms with Crippen LogP contribution in [0.5, 0.6) is 11.5 Å². The molecule has 0 atom stereocenters. The highest BCUT2D eigenvalue weighted by atomic mass is 32.2. The maximum absolute atomic E-state index is 12.0. The van der Waals surface area contributed by atoms with Gasteiger partial charge in [-0.15, -0.1) is 0 Å². The van der Waals surface area contributed by atoms with Crippen LogP contribution in [0.4, 0.5) is 11.6 Å². The number of hydrogen-bond donors (Lipinski definition) is 1. The van der Waals surface area contributed by atoms with E-state index in [-0.39, 0.29) is 10.6 Å². The Morgan fingerprint density at radius 3 is 2.64 bits per heavy atom. The molecular formula is C19H17N5O3S. The first-order valence-electron chi connectivity index (χ1n) is 8.38. The molecule has 0 saturated heterocycles. The molecule has 9 heteroatoms. The Bertz CT molecular complexity index is 1270. The van der Waals surface area contributed by atoms with Crippen molar-refractivity contribution in [1.82, 2.24) is 19.7 Å². The number of fused-ring (bicyclic) bond motifs is 1. The Hall–Kier alpha value is -3.46. The lowest BCUT2D eigenvalue weighted by Gasteiger charge is -2.11. The summed E-state index contributed by atoms with van der Waals surface area (Å²) in [5.41, 5.74) is 0.720. The van der Waals surface area contributed by atoms with Crippen LogP contribution in [0.3, 0.4) is 0 Å². The molecule has 1 N–H and O–H groups in total. The van der Waals surface area contributed by atoms with Gasteiger partial charge < -0.3 is 10.1 Å². The summed E-state index contributed by atoms with van der Waals surface area (Å²) in [6.07, 6.45) is 4.44. The van der Waals surface area contributed by atoms with Gasteiger partial charge in [0.15, 0.2) is 15.7 Å². The smallest absolute Gasteiger partial charge is 0.179 e. The Morgan fingerprint density at radius 1 is 1.07 bits per heavy atom. The van der Waals surface area contributed by atoms with Gasteiger partial charge in [0.1, 0.15) is 28.5 Å². The van der Waals surface area contributed by atoms with E-state index in [2.05, 4.69) is 20.4 Å². The highest BCUT2D eigenvalue weighted by Gasteiger charge is 2.15. The summed E-state index contributed by atoms with van der Waals surface area (Å²) in [6.45, 7) is 0. The number of para-hydroxylation sites is 1. The third kappa shape index (κ3) is 3.65. The molecule has 2 heterocycles. The third-order valence-electron chi connectivity index (χ3n) is 4.04. The summed E-state index contributed by atoms with van der Waals surface area (Å²) in [5.74, 6) is 1.96. The van der Waals surface area contributed by atoms with Crippen LogP contribution in [0, 0.1) is 0 Å². The first kappa shape index (κ1) is 17.9. The number of aryl methyl sites for hydroxylation is 1. The van der Waals surface area contributed by atoms with Crippen molar-refractivity contribution in [2.24, 2.45) is 7.05 Å². The van der Waals surface area contributed by atoms with E-state index < -0.39 is 9.84 Å². The van der Waals surface area contributed by atoms with Crippen molar-refractivity contribution >= 4 is 32.4 Å².